The zero-order valence-electron chi connectivity index (χ0n) is 9.27. The van der Waals surface area contributed by atoms with Gasteiger partial charge in [0.2, 0.25) is 0 Å². The molecule has 0 aliphatic heterocycles. The molecular weight excluding hydrogens is 212 g/mol. The normalized spacial score (nSPS) is 17.9. The van der Waals surface area contributed by atoms with Gasteiger partial charge in [-0.1, -0.05) is 6.42 Å². The van der Waals surface area contributed by atoms with Crippen molar-refractivity contribution in [2.75, 3.05) is 0 Å². The molecule has 1 atom stereocenters. The first-order chi connectivity index (χ1) is 8.26. The summed E-state index contributed by atoms with van der Waals surface area (Å²) in [6.45, 7) is 0. The van der Waals surface area contributed by atoms with Gasteiger partial charge in [0.05, 0.1) is 0 Å². The van der Waals surface area contributed by atoms with Crippen molar-refractivity contribution >= 4 is 0 Å². The first kappa shape index (κ1) is 12.5. The SMILES string of the molecule is N#CC(C#N)=C[C@@H]1CCCCC1=C(C#N)C#N. The molecule has 0 bridgehead atoms. The predicted molar refractivity (Wildman–Crippen MR) is 59.5 cm³/mol. The second-order valence-electron chi connectivity index (χ2n) is 3.78. The van der Waals surface area contributed by atoms with E-state index in [4.69, 9.17) is 21.0 Å². The number of rotatable bonds is 1. The maximum atomic E-state index is 8.86. The molecule has 0 saturated heterocycles. The van der Waals surface area contributed by atoms with E-state index in [1.54, 1.807) is 18.2 Å². The molecule has 1 rings (SSSR count). The number of allylic oxidation sites excluding steroid dienone is 4. The highest BCUT2D eigenvalue weighted by Crippen LogP contribution is 2.33. The Morgan fingerprint density at radius 3 is 2.18 bits per heavy atom. The molecule has 4 nitrogen and oxygen atoms in total. The van der Waals surface area contributed by atoms with Crippen LogP contribution in [-0.2, 0) is 0 Å². The standard InChI is InChI=1S/C13H10N4/c14-6-10(7-15)5-11-3-1-2-4-13(11)12(8-16)9-17/h5,11H,1-4H2/t11-/m0/s1. The molecule has 0 unspecified atom stereocenters. The van der Waals surface area contributed by atoms with E-state index >= 15 is 0 Å². The van der Waals surface area contributed by atoms with E-state index in [2.05, 4.69) is 0 Å². The summed E-state index contributed by atoms with van der Waals surface area (Å²) in [6.07, 6.45) is 4.99. The minimum Gasteiger partial charge on any atom is -0.192 e. The van der Waals surface area contributed by atoms with Crippen LogP contribution in [0.25, 0.3) is 0 Å². The van der Waals surface area contributed by atoms with Gasteiger partial charge < -0.3 is 0 Å². The maximum Gasteiger partial charge on any atom is 0.129 e. The fourth-order valence-electron chi connectivity index (χ4n) is 2.00. The molecule has 1 fully saturated rings. The van der Waals surface area contributed by atoms with E-state index < -0.39 is 0 Å². The summed E-state index contributed by atoms with van der Waals surface area (Å²) >= 11 is 0. The Hall–Kier alpha value is -2.56. The van der Waals surface area contributed by atoms with Gasteiger partial charge in [0.25, 0.3) is 0 Å². The van der Waals surface area contributed by atoms with Crippen LogP contribution in [0.1, 0.15) is 25.7 Å². The molecule has 0 heterocycles. The summed E-state index contributed by atoms with van der Waals surface area (Å²) in [5, 5.41) is 35.1. The topological polar surface area (TPSA) is 95.2 Å². The lowest BCUT2D eigenvalue weighted by Crippen LogP contribution is -2.10. The number of hydrogen-bond acceptors (Lipinski definition) is 4. The highest BCUT2D eigenvalue weighted by Gasteiger charge is 2.21. The Bertz CT molecular complexity index is 494. The van der Waals surface area contributed by atoms with Crippen LogP contribution in [0.3, 0.4) is 0 Å². The third kappa shape index (κ3) is 2.94. The molecule has 0 radical (unpaired) electrons. The number of nitriles is 4. The minimum absolute atomic E-state index is 0.0460. The van der Waals surface area contributed by atoms with Crippen molar-refractivity contribution in [3.63, 3.8) is 0 Å². The highest BCUT2D eigenvalue weighted by atomic mass is 14.3. The van der Waals surface area contributed by atoms with Gasteiger partial charge in [0.1, 0.15) is 35.4 Å². The van der Waals surface area contributed by atoms with Gasteiger partial charge >= 0.3 is 0 Å². The Labute approximate surface area is 100 Å². The Morgan fingerprint density at radius 2 is 1.65 bits per heavy atom. The molecule has 17 heavy (non-hydrogen) atoms. The second kappa shape index (κ2) is 6.12. The molecule has 82 valence electrons. The van der Waals surface area contributed by atoms with Crippen LogP contribution in [0.2, 0.25) is 0 Å². The zero-order chi connectivity index (χ0) is 12.7. The fourth-order valence-corrected chi connectivity index (χ4v) is 2.00. The summed E-state index contributed by atoms with van der Waals surface area (Å²) in [7, 11) is 0. The monoisotopic (exact) mass is 222 g/mol. The smallest absolute Gasteiger partial charge is 0.129 e. The van der Waals surface area contributed by atoms with Crippen molar-refractivity contribution in [2.24, 2.45) is 5.92 Å². The minimum atomic E-state index is -0.118. The summed E-state index contributed by atoms with van der Waals surface area (Å²) < 4.78 is 0. The Morgan fingerprint density at radius 1 is 1.00 bits per heavy atom. The third-order valence-corrected chi connectivity index (χ3v) is 2.81. The van der Waals surface area contributed by atoms with Crippen molar-refractivity contribution in [1.29, 1.82) is 21.0 Å². The van der Waals surface area contributed by atoms with E-state index in [1.807, 2.05) is 12.1 Å². The van der Waals surface area contributed by atoms with Crippen LogP contribution < -0.4 is 0 Å². The summed E-state index contributed by atoms with van der Waals surface area (Å²) in [6, 6.07) is 7.38. The highest BCUT2D eigenvalue weighted by molar-refractivity contribution is 5.45. The molecule has 1 aliphatic rings. The van der Waals surface area contributed by atoms with E-state index in [0.717, 1.165) is 24.8 Å². The van der Waals surface area contributed by atoms with Crippen molar-refractivity contribution in [3.05, 3.63) is 22.8 Å². The number of hydrogen-bond donors (Lipinski definition) is 0. The third-order valence-electron chi connectivity index (χ3n) is 2.81. The molecule has 0 amide bonds. The van der Waals surface area contributed by atoms with E-state index in [1.165, 1.54) is 0 Å². The molecule has 1 aliphatic carbocycles. The van der Waals surface area contributed by atoms with Gasteiger partial charge in [0, 0.05) is 5.92 Å². The molecular formula is C13H10N4. The van der Waals surface area contributed by atoms with Crippen LogP contribution in [0.4, 0.5) is 0 Å². The van der Waals surface area contributed by atoms with Gasteiger partial charge in [-0.15, -0.1) is 0 Å². The first-order valence-corrected chi connectivity index (χ1v) is 5.32. The average Bonchev–Trinajstić information content (AvgIpc) is 2.39. The molecule has 0 spiro atoms. The lowest BCUT2D eigenvalue weighted by atomic mass is 9.81. The van der Waals surface area contributed by atoms with E-state index in [-0.39, 0.29) is 17.1 Å². The molecule has 0 aromatic rings. The van der Waals surface area contributed by atoms with Crippen molar-refractivity contribution < 1.29 is 0 Å². The first-order valence-electron chi connectivity index (χ1n) is 5.32. The quantitative estimate of drug-likeness (QED) is 0.636. The summed E-state index contributed by atoms with van der Waals surface area (Å²) in [5.74, 6) is -0.118. The molecule has 1 saturated carbocycles. The van der Waals surface area contributed by atoms with Gasteiger partial charge in [0.15, 0.2) is 0 Å². The largest absolute Gasteiger partial charge is 0.192 e. The van der Waals surface area contributed by atoms with Crippen LogP contribution in [0.15, 0.2) is 22.8 Å². The zero-order valence-corrected chi connectivity index (χ0v) is 9.27. The van der Waals surface area contributed by atoms with Gasteiger partial charge in [-0.2, -0.15) is 21.0 Å². The van der Waals surface area contributed by atoms with E-state index in [0.29, 0.717) is 6.42 Å². The molecule has 0 N–H and O–H groups in total. The van der Waals surface area contributed by atoms with Crippen molar-refractivity contribution in [2.45, 2.75) is 25.7 Å². The summed E-state index contributed by atoms with van der Waals surface area (Å²) in [4.78, 5) is 0. The molecule has 0 aromatic carbocycles. The van der Waals surface area contributed by atoms with Gasteiger partial charge in [-0.25, -0.2) is 0 Å². The van der Waals surface area contributed by atoms with Crippen molar-refractivity contribution in [1.82, 2.24) is 0 Å². The lowest BCUT2D eigenvalue weighted by molar-refractivity contribution is 0.516. The summed E-state index contributed by atoms with van der Waals surface area (Å²) in [5.41, 5.74) is 0.940. The van der Waals surface area contributed by atoms with Crippen LogP contribution in [0, 0.1) is 51.2 Å². The van der Waals surface area contributed by atoms with Crippen LogP contribution >= 0.6 is 0 Å². The Kier molecular flexibility index (Phi) is 4.50. The fraction of sp³-hybridized carbons (Fsp3) is 0.385. The molecule has 4 heteroatoms. The Balaban J connectivity index is 3.15. The molecule has 0 aromatic heterocycles. The van der Waals surface area contributed by atoms with Gasteiger partial charge in [-0.3, -0.25) is 0 Å². The predicted octanol–water partition coefficient (Wildman–Crippen LogP) is 2.49. The number of nitrogens with zero attached hydrogens (tertiary/aromatic N) is 4. The van der Waals surface area contributed by atoms with Crippen LogP contribution in [-0.4, -0.2) is 0 Å². The average molecular weight is 222 g/mol. The van der Waals surface area contributed by atoms with Crippen LogP contribution in [0.5, 0.6) is 0 Å². The van der Waals surface area contributed by atoms with Crippen molar-refractivity contribution in [3.8, 4) is 24.3 Å². The second-order valence-corrected chi connectivity index (χ2v) is 3.78. The lowest BCUT2D eigenvalue weighted by Gasteiger charge is -2.22. The van der Waals surface area contributed by atoms with E-state index in [9.17, 15) is 0 Å². The van der Waals surface area contributed by atoms with Gasteiger partial charge in [-0.05, 0) is 30.9 Å². The maximum absolute atomic E-state index is 8.86.